The van der Waals surface area contributed by atoms with Gasteiger partial charge in [0, 0.05) is 24.1 Å². The summed E-state index contributed by atoms with van der Waals surface area (Å²) in [6, 6.07) is 0. The van der Waals surface area contributed by atoms with Crippen LogP contribution in [0, 0.1) is 29.6 Å². The molecule has 11 heteroatoms. The van der Waals surface area contributed by atoms with Gasteiger partial charge < -0.3 is 4.74 Å². The van der Waals surface area contributed by atoms with Crippen LogP contribution < -0.4 is 0 Å². The highest BCUT2D eigenvalue weighted by molar-refractivity contribution is 6.20. The predicted octanol–water partition coefficient (Wildman–Crippen LogP) is 7.97. The number of alkyl halides is 10. The predicted molar refractivity (Wildman–Crippen MR) is 117 cm³/mol. The number of hydrogen-bond acceptors (Lipinski definition) is 1. The molecule has 0 amide bonds. The van der Waals surface area contributed by atoms with E-state index in [2.05, 4.69) is 4.74 Å². The van der Waals surface area contributed by atoms with Crippen LogP contribution in [0.5, 0.6) is 0 Å². The Balaban J connectivity index is 1.36. The highest BCUT2D eigenvalue weighted by atomic mass is 35.5. The molecule has 210 valence electrons. The van der Waals surface area contributed by atoms with E-state index in [1.54, 1.807) is 0 Å². The fourth-order valence-corrected chi connectivity index (χ4v) is 7.40. The minimum Gasteiger partial charge on any atom is -0.317 e. The second kappa shape index (κ2) is 11.4. The molecule has 0 aliphatic heterocycles. The van der Waals surface area contributed by atoms with Crippen molar-refractivity contribution >= 4 is 11.6 Å². The molecule has 4 saturated carbocycles. The summed E-state index contributed by atoms with van der Waals surface area (Å²) in [4.78, 5) is 0. The van der Waals surface area contributed by atoms with Crippen LogP contribution in [0.4, 0.5) is 39.5 Å². The Morgan fingerprint density at radius 3 is 1.53 bits per heavy atom. The molecular formula is C25H34ClF9O. The van der Waals surface area contributed by atoms with Crippen molar-refractivity contribution in [2.45, 2.75) is 125 Å². The van der Waals surface area contributed by atoms with Gasteiger partial charge in [-0.2, -0.15) is 8.78 Å². The molecule has 0 heterocycles. The molecule has 4 rings (SSSR count). The summed E-state index contributed by atoms with van der Waals surface area (Å²) in [5, 5.41) is 0.0655. The number of hydrogen-bond donors (Lipinski definition) is 0. The summed E-state index contributed by atoms with van der Waals surface area (Å²) in [5.41, 5.74) is 0. The maximum atomic E-state index is 15.2. The molecule has 6 atom stereocenters. The maximum absolute atomic E-state index is 15.2. The van der Waals surface area contributed by atoms with Gasteiger partial charge in [0.1, 0.15) is 42.9 Å². The van der Waals surface area contributed by atoms with Crippen LogP contribution in [-0.4, -0.2) is 60.8 Å². The highest BCUT2D eigenvalue weighted by Gasteiger charge is 2.58. The van der Waals surface area contributed by atoms with Gasteiger partial charge in [0.2, 0.25) is 0 Å². The molecule has 6 unspecified atom stereocenters. The van der Waals surface area contributed by atoms with Crippen molar-refractivity contribution in [1.82, 2.24) is 0 Å². The fourth-order valence-electron chi connectivity index (χ4n) is 7.15. The van der Waals surface area contributed by atoms with Crippen LogP contribution in [-0.2, 0) is 4.74 Å². The van der Waals surface area contributed by atoms with Gasteiger partial charge >= 0.3 is 6.11 Å². The summed E-state index contributed by atoms with van der Waals surface area (Å²) in [6.45, 7) is 0. The topological polar surface area (TPSA) is 9.23 Å². The molecule has 0 spiro atoms. The van der Waals surface area contributed by atoms with Gasteiger partial charge in [0.25, 0.3) is 0 Å². The van der Waals surface area contributed by atoms with Crippen molar-refractivity contribution in [3.8, 4) is 0 Å². The number of halogens is 10. The molecule has 4 aliphatic carbocycles. The summed E-state index contributed by atoms with van der Waals surface area (Å²) >= 11 is 6.12. The molecule has 4 fully saturated rings. The molecule has 4 aliphatic rings. The lowest BCUT2D eigenvalue weighted by atomic mass is 9.63. The number of rotatable bonds is 5. The molecule has 0 radical (unpaired) electrons. The largest absolute Gasteiger partial charge is 0.364 e. The first-order valence-electron chi connectivity index (χ1n) is 13.1. The van der Waals surface area contributed by atoms with Crippen molar-refractivity contribution in [3.63, 3.8) is 0 Å². The summed E-state index contributed by atoms with van der Waals surface area (Å²) < 4.78 is 135. The third-order valence-electron chi connectivity index (χ3n) is 9.02. The van der Waals surface area contributed by atoms with Crippen molar-refractivity contribution in [2.24, 2.45) is 29.6 Å². The van der Waals surface area contributed by atoms with E-state index in [-0.39, 0.29) is 30.1 Å². The van der Waals surface area contributed by atoms with E-state index in [1.165, 1.54) is 0 Å². The Morgan fingerprint density at radius 1 is 0.556 bits per heavy atom. The molecule has 0 saturated heterocycles. The van der Waals surface area contributed by atoms with Crippen molar-refractivity contribution < 1.29 is 44.3 Å². The zero-order chi connectivity index (χ0) is 26.4. The molecule has 36 heavy (non-hydrogen) atoms. The van der Waals surface area contributed by atoms with E-state index < -0.39 is 98.9 Å². The van der Waals surface area contributed by atoms with Crippen LogP contribution in [0.1, 0.15) is 64.2 Å². The van der Waals surface area contributed by atoms with Gasteiger partial charge in [-0.25, -0.2) is 30.7 Å². The van der Waals surface area contributed by atoms with Crippen LogP contribution in [0.2, 0.25) is 0 Å². The monoisotopic (exact) mass is 556 g/mol. The zero-order valence-electron chi connectivity index (χ0n) is 19.8. The van der Waals surface area contributed by atoms with Crippen LogP contribution in [0.15, 0.2) is 0 Å². The first-order valence-corrected chi connectivity index (χ1v) is 13.5. The van der Waals surface area contributed by atoms with E-state index >= 15 is 8.78 Å². The van der Waals surface area contributed by atoms with Crippen molar-refractivity contribution in [1.29, 1.82) is 0 Å². The first kappa shape index (κ1) is 28.6. The van der Waals surface area contributed by atoms with Gasteiger partial charge in [0.15, 0.2) is 6.17 Å². The third kappa shape index (κ3) is 6.09. The van der Waals surface area contributed by atoms with Gasteiger partial charge in [-0.3, -0.25) is 0 Å². The second-order valence-electron chi connectivity index (χ2n) is 11.4. The number of ether oxygens (including phenoxy) is 1. The summed E-state index contributed by atoms with van der Waals surface area (Å²) in [7, 11) is 0. The van der Waals surface area contributed by atoms with Crippen LogP contribution in [0.25, 0.3) is 0 Å². The Kier molecular flexibility index (Phi) is 9.05. The average molecular weight is 557 g/mol. The van der Waals surface area contributed by atoms with Gasteiger partial charge in [0.05, 0.1) is 6.10 Å². The summed E-state index contributed by atoms with van der Waals surface area (Å²) in [5.74, 6) is -5.00. The fraction of sp³-hybridized carbons (Fsp3) is 1.00. The lowest BCUT2D eigenvalue weighted by molar-refractivity contribution is -0.323. The minimum atomic E-state index is -4.42. The second-order valence-corrected chi connectivity index (χ2v) is 12.0. The third-order valence-corrected chi connectivity index (χ3v) is 9.45. The lowest BCUT2D eigenvalue weighted by Gasteiger charge is -2.46. The Labute approximate surface area is 210 Å². The molecular weight excluding hydrogens is 523 g/mol. The van der Waals surface area contributed by atoms with Crippen LogP contribution >= 0.6 is 11.6 Å². The lowest BCUT2D eigenvalue weighted by Crippen LogP contribution is -2.53. The minimum absolute atomic E-state index is 0.0655. The highest BCUT2D eigenvalue weighted by Crippen LogP contribution is 2.51. The standard InChI is InChI=1S/C25H34ClF9O/c26-14-3-1-11(2-4-14)12-5-16(27)22(17(28)6-12)13-7-18(29)23(19(30)8-13)25(34,35)36-15-9-20(31)24(33)21(32)10-15/h11-24H,1-10H2. The Bertz CT molecular complexity index is 688. The van der Waals surface area contributed by atoms with Crippen molar-refractivity contribution in [2.75, 3.05) is 0 Å². The quantitative estimate of drug-likeness (QED) is 0.246. The van der Waals surface area contributed by atoms with Crippen molar-refractivity contribution in [3.05, 3.63) is 0 Å². The smallest absolute Gasteiger partial charge is 0.317 e. The molecule has 1 nitrogen and oxygen atoms in total. The van der Waals surface area contributed by atoms with E-state index in [0.717, 1.165) is 25.7 Å². The van der Waals surface area contributed by atoms with Gasteiger partial charge in [-0.1, -0.05) is 0 Å². The normalized spacial score (nSPS) is 51.2. The van der Waals surface area contributed by atoms with E-state index in [4.69, 9.17) is 11.6 Å². The molecule has 0 aromatic carbocycles. The zero-order valence-corrected chi connectivity index (χ0v) is 20.6. The maximum Gasteiger partial charge on any atom is 0.364 e. The van der Waals surface area contributed by atoms with E-state index in [1.807, 2.05) is 0 Å². The molecule has 0 bridgehead atoms. The average Bonchev–Trinajstić information content (AvgIpc) is 2.76. The van der Waals surface area contributed by atoms with E-state index in [0.29, 0.717) is 0 Å². The Hall–Kier alpha value is -0.380. The first-order chi connectivity index (χ1) is 16.9. The van der Waals surface area contributed by atoms with Gasteiger partial charge in [-0.05, 0) is 69.1 Å². The molecule has 0 aromatic rings. The molecule has 0 aromatic heterocycles. The SMILES string of the molecule is FC1CC(OC(F)(F)C2C(F)CC(C3C(F)CC(C4CCC(Cl)CC4)CC3F)CC2F)CC(F)C1F. The summed E-state index contributed by atoms with van der Waals surface area (Å²) in [6.07, 6.45) is -21.3. The van der Waals surface area contributed by atoms with Crippen LogP contribution in [0.3, 0.4) is 0 Å². The van der Waals surface area contributed by atoms with Gasteiger partial charge in [-0.15, -0.1) is 11.6 Å². The molecule has 0 N–H and O–H groups in total. The van der Waals surface area contributed by atoms with E-state index in [9.17, 15) is 30.7 Å². The Morgan fingerprint density at radius 2 is 1.03 bits per heavy atom.